The number of nitrogens with zero attached hydrogens (tertiary/aromatic N) is 1. The van der Waals surface area contributed by atoms with E-state index >= 15 is 0 Å². The first kappa shape index (κ1) is 17.9. The zero-order valence-electron chi connectivity index (χ0n) is 13.8. The normalized spacial score (nSPS) is 13.8. The Hall–Kier alpha value is -1.89. The number of hydrogen-bond donors (Lipinski definition) is 1. The molecule has 0 saturated carbocycles. The highest BCUT2D eigenvalue weighted by Gasteiger charge is 2.24. The summed E-state index contributed by atoms with van der Waals surface area (Å²) in [6.45, 7) is 2.69. The molecule has 25 heavy (non-hydrogen) atoms. The van der Waals surface area contributed by atoms with Gasteiger partial charge in [-0.1, -0.05) is 42.8 Å². The fourth-order valence-electron chi connectivity index (χ4n) is 2.93. The van der Waals surface area contributed by atoms with Crippen LogP contribution in [0.15, 0.2) is 47.4 Å². The maximum absolute atomic E-state index is 12.4. The Balaban J connectivity index is 1.75. The van der Waals surface area contributed by atoms with Crippen LogP contribution in [0.1, 0.15) is 24.5 Å². The van der Waals surface area contributed by atoms with Crippen molar-refractivity contribution < 1.29 is 13.2 Å². The van der Waals surface area contributed by atoms with Crippen molar-refractivity contribution in [1.82, 2.24) is 4.72 Å². The third-order valence-electron chi connectivity index (χ3n) is 4.24. The van der Waals surface area contributed by atoms with E-state index in [1.165, 1.54) is 6.07 Å². The van der Waals surface area contributed by atoms with Crippen LogP contribution in [0, 0.1) is 0 Å². The van der Waals surface area contributed by atoms with Gasteiger partial charge in [-0.3, -0.25) is 4.79 Å². The average Bonchev–Trinajstić information content (AvgIpc) is 3.03. The molecule has 1 aliphatic rings. The SMILES string of the molecule is CCC(=O)N1CCc2cc(CNS(=O)(=O)c3ccccc3Cl)ccc21. The van der Waals surface area contributed by atoms with Crippen LogP contribution in [-0.4, -0.2) is 20.9 Å². The Morgan fingerprint density at radius 1 is 1.24 bits per heavy atom. The second-order valence-electron chi connectivity index (χ2n) is 5.87. The number of carbonyl (C=O) groups is 1. The molecular weight excluding hydrogens is 360 g/mol. The minimum absolute atomic E-state index is 0.0672. The second-order valence-corrected chi connectivity index (χ2v) is 8.01. The van der Waals surface area contributed by atoms with Crippen LogP contribution in [0.4, 0.5) is 5.69 Å². The van der Waals surface area contributed by atoms with E-state index in [2.05, 4.69) is 4.72 Å². The number of nitrogens with one attached hydrogen (secondary N) is 1. The van der Waals surface area contributed by atoms with Gasteiger partial charge in [0, 0.05) is 25.2 Å². The van der Waals surface area contributed by atoms with Gasteiger partial charge in [-0.2, -0.15) is 0 Å². The van der Waals surface area contributed by atoms with Gasteiger partial charge in [0.2, 0.25) is 15.9 Å². The molecular formula is C18H19ClN2O3S. The topological polar surface area (TPSA) is 66.5 Å². The van der Waals surface area contributed by atoms with Crippen LogP contribution in [0.3, 0.4) is 0 Å². The lowest BCUT2D eigenvalue weighted by atomic mass is 10.1. The first-order valence-corrected chi connectivity index (χ1v) is 9.95. The van der Waals surface area contributed by atoms with Crippen molar-refractivity contribution in [2.45, 2.75) is 31.2 Å². The Kier molecular flexibility index (Phi) is 5.13. The molecule has 0 atom stereocenters. The van der Waals surface area contributed by atoms with E-state index in [-0.39, 0.29) is 22.4 Å². The third-order valence-corrected chi connectivity index (χ3v) is 6.14. The number of halogens is 1. The molecule has 0 radical (unpaired) electrons. The van der Waals surface area contributed by atoms with Crippen LogP contribution < -0.4 is 9.62 Å². The molecule has 2 aromatic rings. The molecule has 1 N–H and O–H groups in total. The van der Waals surface area contributed by atoms with Gasteiger partial charge < -0.3 is 4.90 Å². The maximum Gasteiger partial charge on any atom is 0.242 e. The molecule has 1 heterocycles. The average molecular weight is 379 g/mol. The second kappa shape index (κ2) is 7.15. The summed E-state index contributed by atoms with van der Waals surface area (Å²) >= 11 is 5.97. The summed E-state index contributed by atoms with van der Waals surface area (Å²) in [6, 6.07) is 12.0. The summed E-state index contributed by atoms with van der Waals surface area (Å²) in [5.74, 6) is 0.103. The molecule has 0 aliphatic carbocycles. The first-order valence-electron chi connectivity index (χ1n) is 8.08. The minimum Gasteiger partial charge on any atom is -0.312 e. The minimum atomic E-state index is -3.68. The van der Waals surface area contributed by atoms with Crippen LogP contribution >= 0.6 is 11.6 Å². The van der Waals surface area contributed by atoms with Crippen molar-refractivity contribution in [2.24, 2.45) is 0 Å². The summed E-state index contributed by atoms with van der Waals surface area (Å²) in [7, 11) is -3.68. The largest absolute Gasteiger partial charge is 0.312 e. The Morgan fingerprint density at radius 3 is 2.72 bits per heavy atom. The molecule has 1 amide bonds. The molecule has 1 aliphatic heterocycles. The van der Waals surface area contributed by atoms with Gasteiger partial charge in [-0.05, 0) is 35.7 Å². The van der Waals surface area contributed by atoms with Crippen LogP contribution in [-0.2, 0) is 27.8 Å². The van der Waals surface area contributed by atoms with Crippen molar-refractivity contribution in [1.29, 1.82) is 0 Å². The standard InChI is InChI=1S/C18H19ClN2O3S/c1-2-18(22)21-10-9-14-11-13(7-8-16(14)21)12-20-25(23,24)17-6-4-3-5-15(17)19/h3-8,11,20H,2,9-10,12H2,1H3. The number of carbonyl (C=O) groups excluding carboxylic acids is 1. The number of anilines is 1. The monoisotopic (exact) mass is 378 g/mol. The fraction of sp³-hybridized carbons (Fsp3) is 0.278. The van der Waals surface area contributed by atoms with Crippen molar-refractivity contribution in [3.8, 4) is 0 Å². The lowest BCUT2D eigenvalue weighted by Gasteiger charge is -2.16. The van der Waals surface area contributed by atoms with E-state index in [0.717, 1.165) is 23.2 Å². The predicted molar refractivity (Wildman–Crippen MR) is 98.3 cm³/mol. The summed E-state index contributed by atoms with van der Waals surface area (Å²) in [5, 5.41) is 0.192. The highest BCUT2D eigenvalue weighted by Crippen LogP contribution is 2.29. The third kappa shape index (κ3) is 3.71. The molecule has 7 heteroatoms. The molecule has 0 saturated heterocycles. The van der Waals surface area contributed by atoms with Crippen molar-refractivity contribution in [3.63, 3.8) is 0 Å². The van der Waals surface area contributed by atoms with Crippen LogP contribution in [0.2, 0.25) is 5.02 Å². The molecule has 5 nitrogen and oxygen atoms in total. The van der Waals surface area contributed by atoms with Crippen LogP contribution in [0.25, 0.3) is 0 Å². The summed E-state index contributed by atoms with van der Waals surface area (Å²) in [5.41, 5.74) is 2.83. The van der Waals surface area contributed by atoms with E-state index in [1.54, 1.807) is 23.1 Å². The van der Waals surface area contributed by atoms with E-state index in [1.807, 2.05) is 25.1 Å². The molecule has 132 valence electrons. The highest BCUT2D eigenvalue weighted by atomic mass is 35.5. The van der Waals surface area contributed by atoms with Crippen molar-refractivity contribution in [2.75, 3.05) is 11.4 Å². The number of benzene rings is 2. The molecule has 0 spiro atoms. The number of sulfonamides is 1. The molecule has 3 rings (SSSR count). The van der Waals surface area contributed by atoms with Gasteiger partial charge >= 0.3 is 0 Å². The van der Waals surface area contributed by atoms with Crippen molar-refractivity contribution in [3.05, 3.63) is 58.6 Å². The van der Waals surface area contributed by atoms with Gasteiger partial charge in [0.15, 0.2) is 0 Å². The Labute approximate surface area is 152 Å². The van der Waals surface area contributed by atoms with E-state index < -0.39 is 10.0 Å². The van der Waals surface area contributed by atoms with E-state index in [9.17, 15) is 13.2 Å². The zero-order chi connectivity index (χ0) is 18.0. The van der Waals surface area contributed by atoms with E-state index in [4.69, 9.17) is 11.6 Å². The smallest absolute Gasteiger partial charge is 0.242 e. The number of rotatable bonds is 5. The number of hydrogen-bond acceptors (Lipinski definition) is 3. The molecule has 2 aromatic carbocycles. The predicted octanol–water partition coefficient (Wildman–Crippen LogP) is 3.12. The summed E-state index contributed by atoms with van der Waals surface area (Å²) in [6.07, 6.45) is 1.25. The first-order chi connectivity index (χ1) is 11.9. The lowest BCUT2D eigenvalue weighted by molar-refractivity contribution is -0.118. The quantitative estimate of drug-likeness (QED) is 0.869. The van der Waals surface area contributed by atoms with Gasteiger partial charge in [0.05, 0.1) is 5.02 Å². The number of amides is 1. The Morgan fingerprint density at radius 2 is 2.00 bits per heavy atom. The molecule has 0 aromatic heterocycles. The number of fused-ring (bicyclic) bond motifs is 1. The highest BCUT2D eigenvalue weighted by molar-refractivity contribution is 7.89. The zero-order valence-corrected chi connectivity index (χ0v) is 15.4. The van der Waals surface area contributed by atoms with Gasteiger partial charge in [-0.15, -0.1) is 0 Å². The van der Waals surface area contributed by atoms with E-state index in [0.29, 0.717) is 13.0 Å². The molecule has 0 fully saturated rings. The maximum atomic E-state index is 12.4. The summed E-state index contributed by atoms with van der Waals surface area (Å²) < 4.78 is 27.4. The summed E-state index contributed by atoms with van der Waals surface area (Å²) in [4.78, 5) is 13.8. The molecule has 0 unspecified atom stereocenters. The van der Waals surface area contributed by atoms with Crippen molar-refractivity contribution >= 4 is 33.2 Å². The Bertz CT molecular complexity index is 912. The van der Waals surface area contributed by atoms with Gasteiger partial charge in [0.1, 0.15) is 4.90 Å². The lowest BCUT2D eigenvalue weighted by Crippen LogP contribution is -2.27. The van der Waals surface area contributed by atoms with Gasteiger partial charge in [-0.25, -0.2) is 13.1 Å². The van der Waals surface area contributed by atoms with Gasteiger partial charge in [0.25, 0.3) is 0 Å². The molecule has 0 bridgehead atoms. The fourth-order valence-corrected chi connectivity index (χ4v) is 4.47. The van der Waals surface area contributed by atoms with Crippen LogP contribution in [0.5, 0.6) is 0 Å².